The minimum Gasteiger partial charge on any atom is -0.321 e. The number of aryl methyl sites for hydroxylation is 1. The number of hydrogen-bond acceptors (Lipinski definition) is 3. The predicted octanol–water partition coefficient (Wildman–Crippen LogP) is 4.55. The van der Waals surface area contributed by atoms with Crippen molar-refractivity contribution in [2.24, 2.45) is 0 Å². The first-order chi connectivity index (χ1) is 12.5. The first-order valence-corrected chi connectivity index (χ1v) is 8.31. The van der Waals surface area contributed by atoms with Gasteiger partial charge in [0.25, 0.3) is 11.8 Å². The summed E-state index contributed by atoms with van der Waals surface area (Å²) in [6.07, 6.45) is 0. The Hall–Kier alpha value is -3.18. The van der Waals surface area contributed by atoms with E-state index < -0.39 is 5.91 Å². The number of hydrogen-bond donors (Lipinski definition) is 2. The van der Waals surface area contributed by atoms with Crippen molar-refractivity contribution in [3.8, 4) is 0 Å². The molecule has 0 atom stereocenters. The monoisotopic (exact) mass is 365 g/mol. The van der Waals surface area contributed by atoms with Crippen LogP contribution in [0, 0.1) is 6.92 Å². The fourth-order valence-electron chi connectivity index (χ4n) is 2.37. The molecule has 3 aromatic rings. The molecule has 0 radical (unpaired) electrons. The van der Waals surface area contributed by atoms with Crippen LogP contribution in [0.5, 0.6) is 0 Å². The van der Waals surface area contributed by atoms with Gasteiger partial charge in [-0.05, 0) is 55.0 Å². The summed E-state index contributed by atoms with van der Waals surface area (Å²) >= 11 is 5.91. The van der Waals surface area contributed by atoms with Gasteiger partial charge in [0.2, 0.25) is 0 Å². The molecule has 0 saturated carbocycles. The van der Waals surface area contributed by atoms with Crippen molar-refractivity contribution in [3.63, 3.8) is 0 Å². The molecule has 0 aliphatic heterocycles. The van der Waals surface area contributed by atoms with Crippen molar-refractivity contribution >= 4 is 34.8 Å². The summed E-state index contributed by atoms with van der Waals surface area (Å²) in [5.41, 5.74) is 2.56. The van der Waals surface area contributed by atoms with Crippen molar-refractivity contribution in [3.05, 3.63) is 88.7 Å². The van der Waals surface area contributed by atoms with Gasteiger partial charge in [0.15, 0.2) is 0 Å². The molecule has 5 nitrogen and oxygen atoms in total. The molecule has 26 heavy (non-hydrogen) atoms. The van der Waals surface area contributed by atoms with Crippen LogP contribution >= 0.6 is 11.6 Å². The molecule has 6 heteroatoms. The fraction of sp³-hybridized carbons (Fsp3) is 0.0500. The largest absolute Gasteiger partial charge is 0.321 e. The van der Waals surface area contributed by atoms with Crippen LogP contribution < -0.4 is 10.6 Å². The number of carbonyl (C=O) groups excluding carboxylic acids is 2. The van der Waals surface area contributed by atoms with Gasteiger partial charge in [-0.3, -0.25) is 9.59 Å². The van der Waals surface area contributed by atoms with Crippen LogP contribution in [0.2, 0.25) is 5.02 Å². The molecule has 2 aromatic carbocycles. The summed E-state index contributed by atoms with van der Waals surface area (Å²) in [4.78, 5) is 28.9. The maximum Gasteiger partial charge on any atom is 0.274 e. The highest BCUT2D eigenvalue weighted by Gasteiger charge is 2.13. The highest BCUT2D eigenvalue weighted by molar-refractivity contribution is 6.31. The molecular weight excluding hydrogens is 350 g/mol. The number of aromatic nitrogens is 1. The van der Waals surface area contributed by atoms with Gasteiger partial charge in [0, 0.05) is 16.4 Å². The molecule has 0 saturated heterocycles. The Kier molecular flexibility index (Phi) is 5.29. The molecule has 1 heterocycles. The van der Waals surface area contributed by atoms with Crippen molar-refractivity contribution in [2.75, 3.05) is 10.6 Å². The smallest absolute Gasteiger partial charge is 0.274 e. The molecule has 0 aliphatic carbocycles. The molecule has 3 rings (SSSR count). The summed E-state index contributed by atoms with van der Waals surface area (Å²) < 4.78 is 0. The molecule has 130 valence electrons. The third kappa shape index (κ3) is 4.46. The highest BCUT2D eigenvalue weighted by Crippen LogP contribution is 2.16. The molecule has 0 bridgehead atoms. The van der Waals surface area contributed by atoms with Crippen LogP contribution in [0.25, 0.3) is 0 Å². The number of benzene rings is 2. The van der Waals surface area contributed by atoms with Crippen molar-refractivity contribution < 1.29 is 9.59 Å². The lowest BCUT2D eigenvalue weighted by Gasteiger charge is -2.08. The summed E-state index contributed by atoms with van der Waals surface area (Å²) in [5.74, 6) is -0.800. The van der Waals surface area contributed by atoms with E-state index in [9.17, 15) is 9.59 Å². The second kappa shape index (κ2) is 7.80. The summed E-state index contributed by atoms with van der Waals surface area (Å²) in [7, 11) is 0. The number of amides is 2. The topological polar surface area (TPSA) is 71.1 Å². The number of pyridine rings is 1. The van der Waals surface area contributed by atoms with Crippen LogP contribution in [0.15, 0.2) is 66.7 Å². The van der Waals surface area contributed by atoms with Crippen LogP contribution in [0.1, 0.15) is 26.5 Å². The first-order valence-electron chi connectivity index (χ1n) is 7.93. The third-order valence-electron chi connectivity index (χ3n) is 3.57. The minimum atomic E-state index is -0.419. The van der Waals surface area contributed by atoms with Crippen LogP contribution in [0.3, 0.4) is 0 Å². The molecule has 0 spiro atoms. The molecule has 0 fully saturated rings. The van der Waals surface area contributed by atoms with Crippen LogP contribution in [-0.4, -0.2) is 16.8 Å². The summed E-state index contributed by atoms with van der Waals surface area (Å²) in [6.45, 7) is 1.94. The molecular formula is C20H16ClN3O2. The average molecular weight is 366 g/mol. The lowest BCUT2D eigenvalue weighted by molar-refractivity contribution is 0.101. The Morgan fingerprint density at radius 2 is 1.35 bits per heavy atom. The number of anilines is 2. The second-order valence-electron chi connectivity index (χ2n) is 5.70. The van der Waals surface area contributed by atoms with Crippen molar-refractivity contribution in [1.82, 2.24) is 4.98 Å². The summed E-state index contributed by atoms with van der Waals surface area (Å²) in [6, 6.07) is 19.0. The van der Waals surface area contributed by atoms with E-state index in [1.54, 1.807) is 48.5 Å². The normalized spacial score (nSPS) is 10.2. The van der Waals surface area contributed by atoms with E-state index in [4.69, 9.17) is 11.6 Å². The molecule has 1 aromatic heterocycles. The lowest BCUT2D eigenvalue weighted by Crippen LogP contribution is -2.18. The highest BCUT2D eigenvalue weighted by atomic mass is 35.5. The Morgan fingerprint density at radius 1 is 0.808 bits per heavy atom. The summed E-state index contributed by atoms with van der Waals surface area (Å²) in [5, 5.41) is 5.99. The SMILES string of the molecule is Cc1cccc(NC(=O)c2cccc(C(=O)Nc3cccc(Cl)c3)n2)c1. The van der Waals surface area contributed by atoms with Gasteiger partial charge >= 0.3 is 0 Å². The number of nitrogens with one attached hydrogen (secondary N) is 2. The molecule has 0 unspecified atom stereocenters. The Bertz CT molecular complexity index is 898. The van der Waals surface area contributed by atoms with E-state index in [0.717, 1.165) is 5.56 Å². The quantitative estimate of drug-likeness (QED) is 0.712. The van der Waals surface area contributed by atoms with Crippen LogP contribution in [0.4, 0.5) is 11.4 Å². The van der Waals surface area contributed by atoms with Gasteiger partial charge in [-0.15, -0.1) is 0 Å². The number of rotatable bonds is 4. The van der Waals surface area contributed by atoms with E-state index in [1.165, 1.54) is 0 Å². The Balaban J connectivity index is 1.75. The zero-order valence-corrected chi connectivity index (χ0v) is 14.7. The zero-order valence-electron chi connectivity index (χ0n) is 14.0. The lowest BCUT2D eigenvalue weighted by atomic mass is 10.2. The third-order valence-corrected chi connectivity index (χ3v) is 3.81. The minimum absolute atomic E-state index is 0.141. The molecule has 0 aliphatic rings. The Morgan fingerprint density at radius 3 is 1.92 bits per heavy atom. The maximum atomic E-state index is 12.4. The van der Waals surface area contributed by atoms with Gasteiger partial charge in [0.1, 0.15) is 11.4 Å². The molecule has 2 amide bonds. The Labute approximate surface area is 156 Å². The fourth-order valence-corrected chi connectivity index (χ4v) is 2.56. The van der Waals surface area contributed by atoms with E-state index in [0.29, 0.717) is 16.4 Å². The van der Waals surface area contributed by atoms with Gasteiger partial charge in [-0.2, -0.15) is 0 Å². The zero-order chi connectivity index (χ0) is 18.5. The van der Waals surface area contributed by atoms with Gasteiger partial charge in [0.05, 0.1) is 0 Å². The molecule has 2 N–H and O–H groups in total. The predicted molar refractivity (Wildman–Crippen MR) is 103 cm³/mol. The second-order valence-corrected chi connectivity index (χ2v) is 6.13. The number of nitrogens with zero attached hydrogens (tertiary/aromatic N) is 1. The van der Waals surface area contributed by atoms with E-state index in [2.05, 4.69) is 15.6 Å². The van der Waals surface area contributed by atoms with Crippen LogP contribution in [-0.2, 0) is 0 Å². The van der Waals surface area contributed by atoms with Crippen molar-refractivity contribution in [2.45, 2.75) is 6.92 Å². The van der Waals surface area contributed by atoms with Gasteiger partial charge in [-0.1, -0.05) is 35.9 Å². The maximum absolute atomic E-state index is 12.4. The van der Waals surface area contributed by atoms with Gasteiger partial charge in [-0.25, -0.2) is 4.98 Å². The number of halogens is 1. The van der Waals surface area contributed by atoms with E-state index in [1.807, 2.05) is 25.1 Å². The standard InChI is InChI=1S/C20H16ClN3O2/c1-13-5-2-7-15(11-13)22-19(25)17-9-4-10-18(24-17)20(26)23-16-8-3-6-14(21)12-16/h2-12H,1H3,(H,22,25)(H,23,26). The first kappa shape index (κ1) is 17.6. The number of carbonyl (C=O) groups is 2. The van der Waals surface area contributed by atoms with E-state index in [-0.39, 0.29) is 17.3 Å². The van der Waals surface area contributed by atoms with Gasteiger partial charge < -0.3 is 10.6 Å². The van der Waals surface area contributed by atoms with E-state index >= 15 is 0 Å². The average Bonchev–Trinajstić information content (AvgIpc) is 2.62. The van der Waals surface area contributed by atoms with Crippen molar-refractivity contribution in [1.29, 1.82) is 0 Å².